The number of nitrogens with one attached hydrogen (secondary N) is 2. The lowest BCUT2D eigenvalue weighted by Crippen LogP contribution is -2.44. The minimum absolute atomic E-state index is 0.0328. The zero-order chi connectivity index (χ0) is 26.0. The van der Waals surface area contributed by atoms with Crippen molar-refractivity contribution in [2.45, 2.75) is 24.8 Å². The number of amides is 1. The average molecular weight is 508 g/mol. The van der Waals surface area contributed by atoms with Crippen LogP contribution in [0, 0.1) is 5.92 Å². The largest absolute Gasteiger partial charge is 0.480 e. The number of benzene rings is 3. The smallest absolute Gasteiger partial charge is 0.322 e. The molecule has 0 unspecified atom stereocenters. The molecule has 186 valence electrons. The van der Waals surface area contributed by atoms with Crippen molar-refractivity contribution in [2.75, 3.05) is 11.1 Å². The number of sulfonamides is 1. The van der Waals surface area contributed by atoms with Crippen LogP contribution in [0.1, 0.15) is 24.4 Å². The lowest BCUT2D eigenvalue weighted by molar-refractivity contribution is -0.140. The number of aliphatic carboxylic acids is 1. The molecule has 36 heavy (non-hydrogen) atoms. The maximum Gasteiger partial charge on any atom is 0.322 e. The fraction of sp³-hybridized carbons (Fsp3) is 0.154. The summed E-state index contributed by atoms with van der Waals surface area (Å²) in [6.45, 7) is 3.26. The van der Waals surface area contributed by atoms with Crippen LogP contribution in [0.25, 0.3) is 22.1 Å². The highest BCUT2D eigenvalue weighted by molar-refractivity contribution is 7.89. The number of hydrogen-bond acceptors (Lipinski definition) is 6. The summed E-state index contributed by atoms with van der Waals surface area (Å²) in [6.07, 6.45) is 0. The third-order valence-electron chi connectivity index (χ3n) is 5.62. The summed E-state index contributed by atoms with van der Waals surface area (Å²) < 4.78 is 33.0. The van der Waals surface area contributed by atoms with Gasteiger partial charge in [0.1, 0.15) is 11.6 Å². The zero-order valence-electron chi connectivity index (χ0n) is 19.6. The molecular weight excluding hydrogens is 482 g/mol. The van der Waals surface area contributed by atoms with E-state index in [-0.39, 0.29) is 10.7 Å². The van der Waals surface area contributed by atoms with Crippen LogP contribution in [-0.2, 0) is 14.8 Å². The van der Waals surface area contributed by atoms with E-state index in [4.69, 9.17) is 10.2 Å². The molecule has 10 heteroatoms. The first-order valence-corrected chi connectivity index (χ1v) is 12.6. The molecule has 0 aliphatic heterocycles. The minimum atomic E-state index is -4.00. The molecule has 0 aliphatic carbocycles. The van der Waals surface area contributed by atoms with Gasteiger partial charge in [0.15, 0.2) is 5.76 Å². The van der Waals surface area contributed by atoms with Gasteiger partial charge in [-0.15, -0.1) is 0 Å². The molecule has 3 aromatic carbocycles. The number of nitrogen functional groups attached to an aromatic ring is 1. The molecule has 0 saturated heterocycles. The lowest BCUT2D eigenvalue weighted by Gasteiger charge is -2.18. The molecule has 1 atom stereocenters. The van der Waals surface area contributed by atoms with E-state index in [1.165, 1.54) is 12.1 Å². The number of fused-ring (bicyclic) bond motifs is 1. The van der Waals surface area contributed by atoms with Crippen LogP contribution < -0.4 is 15.8 Å². The van der Waals surface area contributed by atoms with Crippen LogP contribution in [0.4, 0.5) is 11.4 Å². The first-order chi connectivity index (χ1) is 17.0. The summed E-state index contributed by atoms with van der Waals surface area (Å²) in [5.41, 5.74) is 9.02. The summed E-state index contributed by atoms with van der Waals surface area (Å²) in [5.74, 6) is -1.89. The van der Waals surface area contributed by atoms with Gasteiger partial charge in [-0.3, -0.25) is 9.59 Å². The van der Waals surface area contributed by atoms with Gasteiger partial charge in [-0.05, 0) is 65.6 Å². The van der Waals surface area contributed by atoms with Gasteiger partial charge in [-0.1, -0.05) is 38.1 Å². The second-order valence-electron chi connectivity index (χ2n) is 8.64. The number of hydrogen-bond donors (Lipinski definition) is 4. The summed E-state index contributed by atoms with van der Waals surface area (Å²) in [6, 6.07) is 18.6. The van der Waals surface area contributed by atoms with Gasteiger partial charge in [0.05, 0.1) is 4.90 Å². The van der Waals surface area contributed by atoms with E-state index in [1.807, 2.05) is 0 Å². The monoisotopic (exact) mass is 507 g/mol. The third kappa shape index (κ3) is 5.40. The van der Waals surface area contributed by atoms with Crippen molar-refractivity contribution >= 4 is 44.2 Å². The van der Waals surface area contributed by atoms with Gasteiger partial charge >= 0.3 is 5.97 Å². The Labute approximate surface area is 208 Å². The minimum Gasteiger partial charge on any atom is -0.480 e. The van der Waals surface area contributed by atoms with Crippen LogP contribution in [-0.4, -0.2) is 31.4 Å². The van der Waals surface area contributed by atoms with Crippen LogP contribution >= 0.6 is 0 Å². The van der Waals surface area contributed by atoms with E-state index in [1.54, 1.807) is 74.5 Å². The topological polar surface area (TPSA) is 152 Å². The highest BCUT2D eigenvalue weighted by atomic mass is 32.2. The number of rotatable bonds is 8. The number of furan rings is 1. The van der Waals surface area contributed by atoms with E-state index in [9.17, 15) is 23.1 Å². The Hall–Kier alpha value is -4.15. The molecule has 4 rings (SSSR count). The van der Waals surface area contributed by atoms with Gasteiger partial charge in [0.2, 0.25) is 10.0 Å². The number of carbonyl (C=O) groups is 2. The van der Waals surface area contributed by atoms with Crippen LogP contribution in [0.2, 0.25) is 0 Å². The van der Waals surface area contributed by atoms with Crippen molar-refractivity contribution in [1.82, 2.24) is 4.72 Å². The fourth-order valence-corrected chi connectivity index (χ4v) is 4.98. The normalized spacial score (nSPS) is 12.5. The number of anilines is 2. The molecule has 5 N–H and O–H groups in total. The second-order valence-corrected chi connectivity index (χ2v) is 10.4. The van der Waals surface area contributed by atoms with Gasteiger partial charge in [-0.25, -0.2) is 8.42 Å². The summed E-state index contributed by atoms with van der Waals surface area (Å²) in [4.78, 5) is 23.9. The van der Waals surface area contributed by atoms with Crippen LogP contribution in [0.5, 0.6) is 0 Å². The average Bonchev–Trinajstić information content (AvgIpc) is 3.26. The molecule has 9 nitrogen and oxygen atoms in total. The molecule has 0 spiro atoms. The summed E-state index contributed by atoms with van der Waals surface area (Å²) in [7, 11) is -4.00. The molecule has 0 bridgehead atoms. The Morgan fingerprint density at radius 1 is 0.917 bits per heavy atom. The molecule has 0 radical (unpaired) electrons. The van der Waals surface area contributed by atoms with E-state index in [0.717, 1.165) is 16.5 Å². The molecule has 1 amide bonds. The zero-order valence-corrected chi connectivity index (χ0v) is 20.4. The molecule has 1 aromatic heterocycles. The fourth-order valence-electron chi connectivity index (χ4n) is 3.65. The molecule has 4 aromatic rings. The molecule has 1 heterocycles. The molecular formula is C26H25N3O6S. The van der Waals surface area contributed by atoms with Crippen molar-refractivity contribution in [3.63, 3.8) is 0 Å². The Morgan fingerprint density at radius 2 is 1.53 bits per heavy atom. The molecule has 0 fully saturated rings. The van der Waals surface area contributed by atoms with Crippen LogP contribution in [0.3, 0.4) is 0 Å². The third-order valence-corrected chi connectivity index (χ3v) is 7.08. The highest BCUT2D eigenvalue weighted by Crippen LogP contribution is 2.25. The summed E-state index contributed by atoms with van der Waals surface area (Å²) in [5, 5.41) is 12.8. The van der Waals surface area contributed by atoms with Crippen molar-refractivity contribution in [3.8, 4) is 11.1 Å². The number of carbonyl (C=O) groups excluding carboxylic acids is 1. The van der Waals surface area contributed by atoms with Gasteiger partial charge in [0.25, 0.3) is 5.91 Å². The number of carboxylic acid groups (broad SMARTS) is 1. The van der Waals surface area contributed by atoms with Crippen LogP contribution in [0.15, 0.2) is 82.1 Å². The van der Waals surface area contributed by atoms with Crippen molar-refractivity contribution in [2.24, 2.45) is 5.92 Å². The number of nitrogens with two attached hydrogens (primary N) is 1. The number of carboxylic acids is 1. The predicted octanol–water partition coefficient (Wildman–Crippen LogP) is 4.32. The molecule has 0 aliphatic rings. The van der Waals surface area contributed by atoms with Crippen molar-refractivity contribution < 1.29 is 27.5 Å². The van der Waals surface area contributed by atoms with Gasteiger partial charge in [-0.2, -0.15) is 4.72 Å². The Morgan fingerprint density at radius 3 is 2.11 bits per heavy atom. The SMILES string of the molecule is CC(C)[C@H](NS(=O)(=O)c1ccc(-c2ccc(NC(=O)c3cc4cc(N)ccc4o3)cc2)cc1)C(=O)O. The van der Waals surface area contributed by atoms with E-state index < -0.39 is 33.9 Å². The van der Waals surface area contributed by atoms with E-state index in [2.05, 4.69) is 10.0 Å². The second kappa shape index (κ2) is 9.84. The van der Waals surface area contributed by atoms with E-state index in [0.29, 0.717) is 17.0 Å². The highest BCUT2D eigenvalue weighted by Gasteiger charge is 2.28. The predicted molar refractivity (Wildman–Crippen MR) is 137 cm³/mol. The Balaban J connectivity index is 1.45. The first kappa shape index (κ1) is 25.0. The van der Waals surface area contributed by atoms with Gasteiger partial charge < -0.3 is 20.6 Å². The van der Waals surface area contributed by atoms with Crippen molar-refractivity contribution in [3.05, 3.63) is 78.6 Å². The van der Waals surface area contributed by atoms with Crippen molar-refractivity contribution in [1.29, 1.82) is 0 Å². The van der Waals surface area contributed by atoms with E-state index >= 15 is 0 Å². The maximum absolute atomic E-state index is 12.6. The lowest BCUT2D eigenvalue weighted by atomic mass is 10.1. The quantitative estimate of drug-likeness (QED) is 0.259. The first-order valence-electron chi connectivity index (χ1n) is 11.1. The Kier molecular flexibility index (Phi) is 6.82. The Bertz CT molecular complexity index is 1520. The standard InChI is InChI=1S/C26H25N3O6S/c1-15(2)24(26(31)32)29-36(33,34)21-10-5-17(6-11-21)16-3-8-20(9-4-16)28-25(30)23-14-18-13-19(27)7-12-22(18)35-23/h3-15,24,29H,27H2,1-2H3,(H,28,30)(H,31,32)/t24-/m0/s1. The maximum atomic E-state index is 12.6. The summed E-state index contributed by atoms with van der Waals surface area (Å²) >= 11 is 0. The molecule has 0 saturated carbocycles. The van der Waals surface area contributed by atoms with Gasteiger partial charge in [0, 0.05) is 16.8 Å².